The topological polar surface area (TPSA) is 69.0 Å². The lowest BCUT2D eigenvalue weighted by Gasteiger charge is -2.12. The van der Waals surface area contributed by atoms with E-state index in [2.05, 4.69) is 53.0 Å². The Morgan fingerprint density at radius 1 is 1.06 bits per heavy atom. The van der Waals surface area contributed by atoms with Gasteiger partial charge in [0.15, 0.2) is 0 Å². The Bertz CT molecular complexity index is 1180. The maximum absolute atomic E-state index is 12.3. The number of rotatable bonds is 9. The Morgan fingerprint density at radius 3 is 2.66 bits per heavy atom. The maximum atomic E-state index is 12.3. The summed E-state index contributed by atoms with van der Waals surface area (Å²) in [5.41, 5.74) is 5.04. The number of hydrogen-bond donors (Lipinski definition) is 1. The SMILES string of the molecule is Cc1cc(C)cc(OCCCn2c(CCNC(=O)c3cccnc3)nc3ccccc32)c1. The molecular weight excluding hydrogens is 400 g/mol. The number of carbonyl (C=O) groups excluding carboxylic acids is 1. The monoisotopic (exact) mass is 428 g/mol. The number of para-hydroxylation sites is 2. The second-order valence-corrected chi connectivity index (χ2v) is 7.94. The zero-order valence-electron chi connectivity index (χ0n) is 18.5. The highest BCUT2D eigenvalue weighted by Gasteiger charge is 2.11. The highest BCUT2D eigenvalue weighted by atomic mass is 16.5. The van der Waals surface area contributed by atoms with E-state index in [1.807, 2.05) is 18.2 Å². The predicted molar refractivity (Wildman–Crippen MR) is 126 cm³/mol. The summed E-state index contributed by atoms with van der Waals surface area (Å²) in [5, 5.41) is 2.96. The van der Waals surface area contributed by atoms with E-state index >= 15 is 0 Å². The van der Waals surface area contributed by atoms with Crippen LogP contribution < -0.4 is 10.1 Å². The van der Waals surface area contributed by atoms with Crippen molar-refractivity contribution < 1.29 is 9.53 Å². The Labute approximate surface area is 188 Å². The molecule has 0 saturated heterocycles. The summed E-state index contributed by atoms with van der Waals surface area (Å²) in [6.45, 7) is 6.10. The van der Waals surface area contributed by atoms with Crippen molar-refractivity contribution >= 4 is 16.9 Å². The molecule has 6 heteroatoms. The molecular formula is C26H28N4O2. The molecule has 4 aromatic rings. The number of benzene rings is 2. The van der Waals surface area contributed by atoms with Crippen LogP contribution in [0.15, 0.2) is 67.0 Å². The van der Waals surface area contributed by atoms with Crippen molar-refractivity contribution in [2.75, 3.05) is 13.2 Å². The van der Waals surface area contributed by atoms with E-state index < -0.39 is 0 Å². The van der Waals surface area contributed by atoms with Crippen LogP contribution in [0.4, 0.5) is 0 Å². The first-order valence-electron chi connectivity index (χ1n) is 10.9. The minimum absolute atomic E-state index is 0.123. The zero-order valence-corrected chi connectivity index (χ0v) is 18.5. The molecule has 0 atom stereocenters. The lowest BCUT2D eigenvalue weighted by molar-refractivity contribution is 0.0953. The van der Waals surface area contributed by atoms with Crippen molar-refractivity contribution in [1.29, 1.82) is 0 Å². The number of amides is 1. The summed E-state index contributed by atoms with van der Waals surface area (Å²) in [7, 11) is 0. The number of ether oxygens (including phenoxy) is 1. The first-order valence-corrected chi connectivity index (χ1v) is 10.9. The van der Waals surface area contributed by atoms with E-state index in [0.29, 0.717) is 25.1 Å². The molecule has 1 amide bonds. The van der Waals surface area contributed by atoms with Gasteiger partial charge in [-0.3, -0.25) is 9.78 Å². The van der Waals surface area contributed by atoms with Crippen LogP contribution in [0.5, 0.6) is 5.75 Å². The van der Waals surface area contributed by atoms with Crippen LogP contribution in [0.25, 0.3) is 11.0 Å². The van der Waals surface area contributed by atoms with Gasteiger partial charge < -0.3 is 14.6 Å². The average molecular weight is 429 g/mol. The quantitative estimate of drug-likeness (QED) is 0.399. The summed E-state index contributed by atoms with van der Waals surface area (Å²) < 4.78 is 8.22. The number of aromatic nitrogens is 3. The van der Waals surface area contributed by atoms with E-state index in [9.17, 15) is 4.79 Å². The molecule has 0 fully saturated rings. The Morgan fingerprint density at radius 2 is 1.88 bits per heavy atom. The van der Waals surface area contributed by atoms with Crippen molar-refractivity contribution in [2.24, 2.45) is 0 Å². The molecule has 2 aromatic heterocycles. The molecule has 0 unspecified atom stereocenters. The molecule has 4 rings (SSSR count). The largest absolute Gasteiger partial charge is 0.494 e. The molecule has 0 bridgehead atoms. The summed E-state index contributed by atoms with van der Waals surface area (Å²) in [6, 6.07) is 17.9. The Hall–Kier alpha value is -3.67. The molecule has 32 heavy (non-hydrogen) atoms. The molecule has 2 aromatic carbocycles. The van der Waals surface area contributed by atoms with Gasteiger partial charge in [-0.1, -0.05) is 18.2 Å². The van der Waals surface area contributed by atoms with Crippen molar-refractivity contribution in [3.05, 3.63) is 89.5 Å². The smallest absolute Gasteiger partial charge is 0.252 e. The van der Waals surface area contributed by atoms with Crippen molar-refractivity contribution in [2.45, 2.75) is 33.2 Å². The van der Waals surface area contributed by atoms with Crippen molar-refractivity contribution in [3.63, 3.8) is 0 Å². The molecule has 0 aliphatic rings. The van der Waals surface area contributed by atoms with Crippen molar-refractivity contribution in [3.8, 4) is 5.75 Å². The molecule has 0 aliphatic carbocycles. The number of carbonyl (C=O) groups is 1. The number of nitrogens with one attached hydrogen (secondary N) is 1. The minimum Gasteiger partial charge on any atom is -0.494 e. The predicted octanol–water partition coefficient (Wildman–Crippen LogP) is 4.49. The van der Waals surface area contributed by atoms with Gasteiger partial charge in [-0.25, -0.2) is 4.98 Å². The van der Waals surface area contributed by atoms with E-state index in [0.717, 1.165) is 35.6 Å². The van der Waals surface area contributed by atoms with Crippen LogP contribution in [0.1, 0.15) is 33.7 Å². The second kappa shape index (κ2) is 10.1. The number of hydrogen-bond acceptors (Lipinski definition) is 4. The van der Waals surface area contributed by atoms with E-state index in [-0.39, 0.29) is 5.91 Å². The highest BCUT2D eigenvalue weighted by Crippen LogP contribution is 2.19. The number of fused-ring (bicyclic) bond motifs is 1. The van der Waals surface area contributed by atoms with E-state index in [1.54, 1.807) is 24.5 Å². The summed E-state index contributed by atoms with van der Waals surface area (Å²) >= 11 is 0. The van der Waals surface area contributed by atoms with Gasteiger partial charge in [-0.2, -0.15) is 0 Å². The van der Waals surface area contributed by atoms with Gasteiger partial charge in [-0.15, -0.1) is 0 Å². The molecule has 164 valence electrons. The van der Waals surface area contributed by atoms with E-state index in [1.165, 1.54) is 11.1 Å². The van der Waals surface area contributed by atoms with Gasteiger partial charge in [0.2, 0.25) is 0 Å². The zero-order chi connectivity index (χ0) is 22.3. The molecule has 1 N–H and O–H groups in total. The number of aryl methyl sites for hydroxylation is 3. The lowest BCUT2D eigenvalue weighted by Crippen LogP contribution is -2.26. The first kappa shape index (κ1) is 21.6. The normalized spacial score (nSPS) is 10.9. The molecule has 0 aliphatic heterocycles. The number of imidazole rings is 1. The standard InChI is InChI=1S/C26H28N4O2/c1-19-15-20(2)17-22(16-19)32-14-6-13-30-24-9-4-3-8-23(24)29-25(30)10-12-28-26(31)21-7-5-11-27-18-21/h3-5,7-9,11,15-18H,6,10,12-14H2,1-2H3,(H,28,31). The fourth-order valence-corrected chi connectivity index (χ4v) is 3.88. The van der Waals surface area contributed by atoms with E-state index in [4.69, 9.17) is 9.72 Å². The van der Waals surface area contributed by atoms with Gasteiger partial charge in [0.25, 0.3) is 5.91 Å². The van der Waals surface area contributed by atoms with Crippen LogP contribution >= 0.6 is 0 Å². The fourth-order valence-electron chi connectivity index (χ4n) is 3.88. The van der Waals surface area contributed by atoms with Crippen LogP contribution in [0.2, 0.25) is 0 Å². The summed E-state index contributed by atoms with van der Waals surface area (Å²) in [4.78, 5) is 21.1. The third-order valence-electron chi connectivity index (χ3n) is 5.28. The van der Waals surface area contributed by atoms with Crippen LogP contribution in [-0.4, -0.2) is 33.6 Å². The van der Waals surface area contributed by atoms with Gasteiger partial charge in [0.1, 0.15) is 11.6 Å². The Kier molecular flexibility index (Phi) is 6.80. The molecule has 6 nitrogen and oxygen atoms in total. The van der Waals surface area contributed by atoms with Gasteiger partial charge in [0.05, 0.1) is 23.2 Å². The van der Waals surface area contributed by atoms with Crippen LogP contribution in [0.3, 0.4) is 0 Å². The van der Waals surface area contributed by atoms with Gasteiger partial charge >= 0.3 is 0 Å². The second-order valence-electron chi connectivity index (χ2n) is 7.94. The van der Waals surface area contributed by atoms with Gasteiger partial charge in [0, 0.05) is 31.9 Å². The minimum atomic E-state index is -0.123. The molecule has 2 heterocycles. The summed E-state index contributed by atoms with van der Waals surface area (Å²) in [6.07, 6.45) is 4.74. The van der Waals surface area contributed by atoms with Gasteiger partial charge in [-0.05, 0) is 67.8 Å². The molecule has 0 radical (unpaired) electrons. The number of pyridine rings is 1. The van der Waals surface area contributed by atoms with Crippen LogP contribution in [0, 0.1) is 13.8 Å². The van der Waals surface area contributed by atoms with Crippen LogP contribution in [-0.2, 0) is 13.0 Å². The maximum Gasteiger partial charge on any atom is 0.252 e. The highest BCUT2D eigenvalue weighted by molar-refractivity contribution is 5.93. The average Bonchev–Trinajstić information content (AvgIpc) is 3.14. The van der Waals surface area contributed by atoms with Crippen molar-refractivity contribution in [1.82, 2.24) is 19.9 Å². The summed E-state index contributed by atoms with van der Waals surface area (Å²) in [5.74, 6) is 1.75. The lowest BCUT2D eigenvalue weighted by atomic mass is 10.1. The first-order chi connectivity index (χ1) is 15.6. The fraction of sp³-hybridized carbons (Fsp3) is 0.269. The molecule has 0 saturated carbocycles. The number of nitrogens with zero attached hydrogens (tertiary/aromatic N) is 3. The third-order valence-corrected chi connectivity index (χ3v) is 5.28. The Balaban J connectivity index is 1.38. The third kappa shape index (κ3) is 5.32. The molecule has 0 spiro atoms.